The zero-order valence-corrected chi connectivity index (χ0v) is 12.0. The molecule has 2 rings (SSSR count). The first-order valence-corrected chi connectivity index (χ1v) is 6.82. The first kappa shape index (κ1) is 15.0. The molecule has 1 unspecified atom stereocenters. The number of benzene rings is 2. The zero-order chi connectivity index (χ0) is 15.4. The molecule has 0 aromatic heterocycles. The largest absolute Gasteiger partial charge is 0.479 e. The van der Waals surface area contributed by atoms with Crippen molar-refractivity contribution in [2.24, 2.45) is 0 Å². The van der Waals surface area contributed by atoms with Crippen LogP contribution in [-0.2, 0) is 4.79 Å². The summed E-state index contributed by atoms with van der Waals surface area (Å²) in [7, 11) is 0. The molecular formula is C17H18FNO2. The Morgan fingerprint density at radius 2 is 1.52 bits per heavy atom. The van der Waals surface area contributed by atoms with Gasteiger partial charge in [-0.3, -0.25) is 0 Å². The second-order valence-electron chi connectivity index (χ2n) is 5.24. The van der Waals surface area contributed by atoms with Gasteiger partial charge in [-0.15, -0.1) is 0 Å². The number of nitrogens with one attached hydrogen (secondary N) is 1. The Kier molecular flexibility index (Phi) is 4.58. The van der Waals surface area contributed by atoms with E-state index in [0.717, 1.165) is 5.56 Å². The van der Waals surface area contributed by atoms with Gasteiger partial charge >= 0.3 is 5.97 Å². The van der Waals surface area contributed by atoms with Gasteiger partial charge in [-0.05, 0) is 41.3 Å². The molecule has 110 valence electrons. The molecule has 0 saturated carbocycles. The summed E-state index contributed by atoms with van der Waals surface area (Å²) in [5.41, 5.74) is 2.39. The lowest BCUT2D eigenvalue weighted by Gasteiger charge is -2.17. The van der Waals surface area contributed by atoms with Crippen LogP contribution in [0.2, 0.25) is 0 Å². The molecule has 0 bridgehead atoms. The lowest BCUT2D eigenvalue weighted by molar-refractivity contribution is -0.138. The van der Waals surface area contributed by atoms with Gasteiger partial charge in [0.1, 0.15) is 5.82 Å². The molecule has 0 saturated heterocycles. The third-order valence-corrected chi connectivity index (χ3v) is 3.34. The number of carbonyl (C=O) groups is 1. The number of hydrogen-bond donors (Lipinski definition) is 2. The number of hydrogen-bond acceptors (Lipinski definition) is 2. The van der Waals surface area contributed by atoms with E-state index < -0.39 is 12.0 Å². The molecule has 2 N–H and O–H groups in total. The van der Waals surface area contributed by atoms with E-state index in [1.807, 2.05) is 24.3 Å². The number of halogens is 1. The second kappa shape index (κ2) is 6.39. The van der Waals surface area contributed by atoms with Crippen molar-refractivity contribution in [3.8, 4) is 0 Å². The summed E-state index contributed by atoms with van der Waals surface area (Å²) >= 11 is 0. The molecule has 0 aliphatic carbocycles. The van der Waals surface area contributed by atoms with Gasteiger partial charge in [0, 0.05) is 5.69 Å². The average Bonchev–Trinajstić information content (AvgIpc) is 2.46. The van der Waals surface area contributed by atoms with E-state index in [1.165, 1.54) is 24.3 Å². The van der Waals surface area contributed by atoms with Crippen molar-refractivity contribution in [1.29, 1.82) is 0 Å². The van der Waals surface area contributed by atoms with E-state index in [9.17, 15) is 14.3 Å². The molecule has 4 heteroatoms. The highest BCUT2D eigenvalue weighted by Crippen LogP contribution is 2.23. The minimum absolute atomic E-state index is 0.353. The highest BCUT2D eigenvalue weighted by Gasteiger charge is 2.19. The standard InChI is InChI=1S/C17H18FNO2/c1-11(2)12-3-5-13(6-4-12)16(17(20)21)19-15-9-7-14(18)8-10-15/h3-11,16,19H,1-2H3,(H,20,21). The first-order valence-electron chi connectivity index (χ1n) is 6.82. The number of carboxylic acids is 1. The Morgan fingerprint density at radius 3 is 2.00 bits per heavy atom. The molecule has 2 aromatic carbocycles. The Bertz CT molecular complexity index is 606. The van der Waals surface area contributed by atoms with Crippen LogP contribution in [0.1, 0.15) is 36.9 Å². The summed E-state index contributed by atoms with van der Waals surface area (Å²) in [6, 6.07) is 12.3. The fraction of sp³-hybridized carbons (Fsp3) is 0.235. The van der Waals surface area contributed by atoms with Crippen molar-refractivity contribution in [3.05, 3.63) is 65.5 Å². The van der Waals surface area contributed by atoms with Crippen LogP contribution in [0.4, 0.5) is 10.1 Å². The van der Waals surface area contributed by atoms with Crippen LogP contribution in [0.3, 0.4) is 0 Å². The fourth-order valence-electron chi connectivity index (χ4n) is 2.07. The van der Waals surface area contributed by atoms with Crippen LogP contribution in [0, 0.1) is 5.82 Å². The van der Waals surface area contributed by atoms with Crippen molar-refractivity contribution < 1.29 is 14.3 Å². The van der Waals surface area contributed by atoms with Gasteiger partial charge in [-0.25, -0.2) is 9.18 Å². The van der Waals surface area contributed by atoms with Gasteiger partial charge in [0.25, 0.3) is 0 Å². The molecule has 0 radical (unpaired) electrons. The van der Waals surface area contributed by atoms with Crippen LogP contribution < -0.4 is 5.32 Å². The normalized spacial score (nSPS) is 12.2. The lowest BCUT2D eigenvalue weighted by atomic mass is 9.99. The molecule has 1 atom stereocenters. The maximum Gasteiger partial charge on any atom is 0.330 e. The topological polar surface area (TPSA) is 49.3 Å². The quantitative estimate of drug-likeness (QED) is 0.867. The van der Waals surface area contributed by atoms with Crippen molar-refractivity contribution >= 4 is 11.7 Å². The molecule has 0 fully saturated rings. The summed E-state index contributed by atoms with van der Waals surface area (Å²) in [5, 5.41) is 12.3. The van der Waals surface area contributed by atoms with Crippen LogP contribution in [0.5, 0.6) is 0 Å². The summed E-state index contributed by atoms with van der Waals surface area (Å²) in [6.45, 7) is 4.17. The van der Waals surface area contributed by atoms with Crippen molar-refractivity contribution in [1.82, 2.24) is 0 Å². The monoisotopic (exact) mass is 287 g/mol. The summed E-state index contributed by atoms with van der Waals surface area (Å²) in [4.78, 5) is 11.5. The predicted molar refractivity (Wildman–Crippen MR) is 80.9 cm³/mol. The van der Waals surface area contributed by atoms with Gasteiger partial charge in [-0.2, -0.15) is 0 Å². The molecule has 2 aromatic rings. The molecular weight excluding hydrogens is 269 g/mol. The van der Waals surface area contributed by atoms with E-state index in [2.05, 4.69) is 19.2 Å². The highest BCUT2D eigenvalue weighted by atomic mass is 19.1. The predicted octanol–water partition coefficient (Wildman–Crippen LogP) is 4.19. The van der Waals surface area contributed by atoms with Gasteiger partial charge in [0.15, 0.2) is 6.04 Å². The molecule has 0 spiro atoms. The number of carboxylic acid groups (broad SMARTS) is 1. The Labute approximate surface area is 123 Å². The van der Waals surface area contributed by atoms with Crippen LogP contribution >= 0.6 is 0 Å². The Morgan fingerprint density at radius 1 is 1.00 bits per heavy atom. The third kappa shape index (κ3) is 3.81. The lowest BCUT2D eigenvalue weighted by Crippen LogP contribution is -2.20. The zero-order valence-electron chi connectivity index (χ0n) is 12.0. The third-order valence-electron chi connectivity index (χ3n) is 3.34. The molecule has 3 nitrogen and oxygen atoms in total. The van der Waals surface area contributed by atoms with Gasteiger partial charge < -0.3 is 10.4 Å². The van der Waals surface area contributed by atoms with E-state index in [4.69, 9.17) is 0 Å². The van der Waals surface area contributed by atoms with Gasteiger partial charge in [0.05, 0.1) is 0 Å². The molecule has 0 aliphatic rings. The second-order valence-corrected chi connectivity index (χ2v) is 5.24. The maximum absolute atomic E-state index is 12.9. The van der Waals surface area contributed by atoms with E-state index in [1.54, 1.807) is 0 Å². The summed E-state index contributed by atoms with van der Waals surface area (Å²) < 4.78 is 12.9. The number of rotatable bonds is 5. The Hall–Kier alpha value is -2.36. The van der Waals surface area contributed by atoms with Crippen molar-refractivity contribution in [2.75, 3.05) is 5.32 Å². The van der Waals surface area contributed by atoms with E-state index >= 15 is 0 Å². The van der Waals surface area contributed by atoms with Gasteiger partial charge in [0.2, 0.25) is 0 Å². The van der Waals surface area contributed by atoms with E-state index in [0.29, 0.717) is 17.2 Å². The molecule has 0 aliphatic heterocycles. The SMILES string of the molecule is CC(C)c1ccc(C(Nc2ccc(F)cc2)C(=O)O)cc1. The number of aliphatic carboxylic acids is 1. The van der Waals surface area contributed by atoms with Crippen molar-refractivity contribution in [3.63, 3.8) is 0 Å². The van der Waals surface area contributed by atoms with Gasteiger partial charge in [-0.1, -0.05) is 38.1 Å². The van der Waals surface area contributed by atoms with E-state index in [-0.39, 0.29) is 5.82 Å². The molecule has 0 amide bonds. The molecule has 21 heavy (non-hydrogen) atoms. The van der Waals surface area contributed by atoms with Crippen LogP contribution in [0.25, 0.3) is 0 Å². The summed E-state index contributed by atoms with van der Waals surface area (Å²) in [6.07, 6.45) is 0. The smallest absolute Gasteiger partial charge is 0.330 e. The minimum Gasteiger partial charge on any atom is -0.479 e. The Balaban J connectivity index is 2.22. The summed E-state index contributed by atoms with van der Waals surface area (Å²) in [5.74, 6) is -0.933. The van der Waals surface area contributed by atoms with Crippen molar-refractivity contribution in [2.45, 2.75) is 25.8 Å². The first-order chi connectivity index (χ1) is 9.97. The van der Waals surface area contributed by atoms with Crippen LogP contribution in [-0.4, -0.2) is 11.1 Å². The molecule has 0 heterocycles. The fourth-order valence-corrected chi connectivity index (χ4v) is 2.07. The van der Waals surface area contributed by atoms with Crippen LogP contribution in [0.15, 0.2) is 48.5 Å². The maximum atomic E-state index is 12.9. The minimum atomic E-state index is -0.975. The average molecular weight is 287 g/mol. The number of anilines is 1. The highest BCUT2D eigenvalue weighted by molar-refractivity contribution is 5.79.